The lowest BCUT2D eigenvalue weighted by Gasteiger charge is -2.35. The van der Waals surface area contributed by atoms with Crippen molar-refractivity contribution >= 4 is 33.2 Å². The highest BCUT2D eigenvalue weighted by Gasteiger charge is 2.26. The molecule has 0 unspecified atom stereocenters. The van der Waals surface area contributed by atoms with Crippen LogP contribution in [-0.4, -0.2) is 37.8 Å². The van der Waals surface area contributed by atoms with Gasteiger partial charge < -0.3 is 14.9 Å². The summed E-state index contributed by atoms with van der Waals surface area (Å²) >= 11 is 3.41. The maximum Gasteiger partial charge on any atom is 0.246 e. The molecule has 5 heteroatoms. The molecule has 0 radical (unpaired) electrons. The molecule has 0 aromatic heterocycles. The number of aliphatic hydroxyl groups excluding tert-OH is 1. The summed E-state index contributed by atoms with van der Waals surface area (Å²) in [5, 5.41) is 8.97. The molecule has 1 aliphatic rings. The van der Waals surface area contributed by atoms with Crippen LogP contribution in [0.1, 0.15) is 0 Å². The van der Waals surface area contributed by atoms with Gasteiger partial charge in [0.1, 0.15) is 0 Å². The Kier molecular flexibility index (Phi) is 3.16. The number of hydrogen-bond acceptors (Lipinski definition) is 3. The number of aliphatic hydroxyl groups is 1. The highest BCUT2D eigenvalue weighted by atomic mass is 79.9. The van der Waals surface area contributed by atoms with Crippen LogP contribution < -0.4 is 9.80 Å². The Hall–Kier alpha value is -1.07. The van der Waals surface area contributed by atoms with Crippen molar-refractivity contribution in [2.75, 3.05) is 36.5 Å². The predicted octanol–water partition coefficient (Wildman–Crippen LogP) is 1.22. The third kappa shape index (κ3) is 1.92. The number of β-amino-alcohol motifs (C(OH)–C–C–N with tert-alkyl or cyclic N) is 1. The van der Waals surface area contributed by atoms with E-state index in [1.807, 2.05) is 30.1 Å². The van der Waals surface area contributed by atoms with Gasteiger partial charge in [-0.05, 0) is 18.2 Å². The molecule has 1 aliphatic heterocycles. The fourth-order valence-corrected chi connectivity index (χ4v) is 2.23. The second-order valence-corrected chi connectivity index (χ2v) is 4.67. The zero-order chi connectivity index (χ0) is 11.7. The monoisotopic (exact) mass is 284 g/mol. The Morgan fingerprint density at radius 3 is 2.88 bits per heavy atom. The lowest BCUT2D eigenvalue weighted by atomic mass is 10.1. The summed E-state index contributed by atoms with van der Waals surface area (Å²) < 4.78 is 0.983. The van der Waals surface area contributed by atoms with Gasteiger partial charge in [0.25, 0.3) is 0 Å². The van der Waals surface area contributed by atoms with E-state index in [2.05, 4.69) is 15.9 Å². The van der Waals surface area contributed by atoms with E-state index >= 15 is 0 Å². The second-order valence-electron chi connectivity index (χ2n) is 3.76. The van der Waals surface area contributed by atoms with Crippen molar-refractivity contribution in [2.24, 2.45) is 0 Å². The number of fused-ring (bicyclic) bond motifs is 1. The van der Waals surface area contributed by atoms with Gasteiger partial charge in [0.15, 0.2) is 0 Å². The molecule has 1 heterocycles. The Morgan fingerprint density at radius 2 is 2.19 bits per heavy atom. The summed E-state index contributed by atoms with van der Waals surface area (Å²) in [6.07, 6.45) is 0. The molecule has 16 heavy (non-hydrogen) atoms. The van der Waals surface area contributed by atoms with E-state index in [1.54, 1.807) is 4.90 Å². The lowest BCUT2D eigenvalue weighted by Crippen LogP contribution is -2.45. The van der Waals surface area contributed by atoms with Crippen LogP contribution in [0.25, 0.3) is 0 Å². The molecule has 0 bridgehead atoms. The summed E-state index contributed by atoms with van der Waals surface area (Å²) in [7, 11) is 1.89. The summed E-state index contributed by atoms with van der Waals surface area (Å²) in [6, 6.07) is 5.77. The molecule has 0 spiro atoms. The second kappa shape index (κ2) is 4.43. The Labute approximate surface area is 103 Å². The lowest BCUT2D eigenvalue weighted by molar-refractivity contribution is -0.117. The number of hydrogen-bond donors (Lipinski definition) is 1. The summed E-state index contributed by atoms with van der Waals surface area (Å²) in [5.41, 5.74) is 1.86. The maximum atomic E-state index is 11.8. The molecule has 0 atom stereocenters. The van der Waals surface area contributed by atoms with Crippen LogP contribution in [0.2, 0.25) is 0 Å². The predicted molar refractivity (Wildman–Crippen MR) is 66.9 cm³/mol. The molecular formula is C11H13BrN2O2. The van der Waals surface area contributed by atoms with Crippen molar-refractivity contribution in [3.8, 4) is 0 Å². The number of nitrogens with zero attached hydrogens (tertiary/aromatic N) is 2. The number of carbonyl (C=O) groups is 1. The van der Waals surface area contributed by atoms with E-state index in [4.69, 9.17) is 5.11 Å². The van der Waals surface area contributed by atoms with Gasteiger partial charge in [0, 0.05) is 18.1 Å². The van der Waals surface area contributed by atoms with Crippen LogP contribution in [0.3, 0.4) is 0 Å². The van der Waals surface area contributed by atoms with Gasteiger partial charge in [-0.2, -0.15) is 0 Å². The third-order valence-corrected chi connectivity index (χ3v) is 3.13. The smallest absolute Gasteiger partial charge is 0.246 e. The summed E-state index contributed by atoms with van der Waals surface area (Å²) in [4.78, 5) is 15.3. The molecule has 4 nitrogen and oxygen atoms in total. The van der Waals surface area contributed by atoms with Crippen molar-refractivity contribution in [2.45, 2.75) is 0 Å². The van der Waals surface area contributed by atoms with Crippen molar-refractivity contribution < 1.29 is 9.90 Å². The molecule has 1 N–H and O–H groups in total. The van der Waals surface area contributed by atoms with Crippen molar-refractivity contribution in [3.05, 3.63) is 22.7 Å². The summed E-state index contributed by atoms with van der Waals surface area (Å²) in [5.74, 6) is 0.0198. The highest BCUT2D eigenvalue weighted by Crippen LogP contribution is 2.34. The topological polar surface area (TPSA) is 43.8 Å². The minimum atomic E-state index is -0.0229. The zero-order valence-corrected chi connectivity index (χ0v) is 10.6. The first-order valence-corrected chi connectivity index (χ1v) is 5.84. The van der Waals surface area contributed by atoms with Crippen LogP contribution in [0.15, 0.2) is 22.7 Å². The fourth-order valence-electron chi connectivity index (χ4n) is 1.88. The standard InChI is InChI=1S/C11H13BrN2O2/c1-13-7-11(16)14(4-5-15)9-3-2-8(12)6-10(9)13/h2-3,6,15H,4-5,7H2,1H3. The Morgan fingerprint density at radius 1 is 1.44 bits per heavy atom. The van der Waals surface area contributed by atoms with E-state index in [0.29, 0.717) is 13.1 Å². The number of amides is 1. The van der Waals surface area contributed by atoms with Crippen molar-refractivity contribution in [1.82, 2.24) is 0 Å². The van der Waals surface area contributed by atoms with E-state index in [0.717, 1.165) is 15.8 Å². The molecule has 0 fully saturated rings. The molecule has 0 saturated carbocycles. The van der Waals surface area contributed by atoms with Crippen molar-refractivity contribution in [3.63, 3.8) is 0 Å². The first-order chi connectivity index (χ1) is 7.63. The average molecular weight is 285 g/mol. The number of likely N-dealkylation sites (N-methyl/N-ethyl adjacent to an activating group) is 1. The Bertz CT molecular complexity index is 422. The van der Waals surface area contributed by atoms with E-state index in [-0.39, 0.29) is 12.5 Å². The molecule has 86 valence electrons. The Balaban J connectivity index is 2.46. The number of rotatable bonds is 2. The number of halogens is 1. The van der Waals surface area contributed by atoms with E-state index in [9.17, 15) is 4.79 Å². The molecule has 1 amide bonds. The van der Waals surface area contributed by atoms with Crippen LogP contribution >= 0.6 is 15.9 Å². The van der Waals surface area contributed by atoms with Gasteiger partial charge in [-0.1, -0.05) is 15.9 Å². The molecular weight excluding hydrogens is 272 g/mol. The first-order valence-electron chi connectivity index (χ1n) is 5.05. The van der Waals surface area contributed by atoms with Crippen LogP contribution in [0, 0.1) is 0 Å². The van der Waals surface area contributed by atoms with E-state index in [1.165, 1.54) is 0 Å². The van der Waals surface area contributed by atoms with E-state index < -0.39 is 0 Å². The normalized spacial score (nSPS) is 15.3. The van der Waals surface area contributed by atoms with Crippen molar-refractivity contribution in [1.29, 1.82) is 0 Å². The van der Waals surface area contributed by atoms with Crippen LogP contribution in [0.5, 0.6) is 0 Å². The maximum absolute atomic E-state index is 11.8. The summed E-state index contributed by atoms with van der Waals surface area (Å²) in [6.45, 7) is 0.676. The quantitative estimate of drug-likeness (QED) is 0.888. The molecule has 0 aliphatic carbocycles. The van der Waals surface area contributed by atoms with Gasteiger partial charge in [-0.3, -0.25) is 4.79 Å². The van der Waals surface area contributed by atoms with Crippen LogP contribution in [0.4, 0.5) is 11.4 Å². The van der Waals surface area contributed by atoms with Gasteiger partial charge in [0.2, 0.25) is 5.91 Å². The zero-order valence-electron chi connectivity index (χ0n) is 8.98. The largest absolute Gasteiger partial charge is 0.395 e. The molecule has 0 saturated heterocycles. The number of carbonyl (C=O) groups excluding carboxylic acids is 1. The minimum absolute atomic E-state index is 0.0198. The van der Waals surface area contributed by atoms with Gasteiger partial charge >= 0.3 is 0 Å². The highest BCUT2D eigenvalue weighted by molar-refractivity contribution is 9.10. The SMILES string of the molecule is CN1CC(=O)N(CCO)c2ccc(Br)cc21. The fraction of sp³-hybridized carbons (Fsp3) is 0.364. The number of anilines is 2. The minimum Gasteiger partial charge on any atom is -0.395 e. The number of benzene rings is 1. The molecule has 1 aromatic carbocycles. The van der Waals surface area contributed by atoms with Gasteiger partial charge in [-0.15, -0.1) is 0 Å². The van der Waals surface area contributed by atoms with Gasteiger partial charge in [0.05, 0.1) is 24.5 Å². The first kappa shape index (κ1) is 11.4. The molecule has 2 rings (SSSR count). The molecule has 1 aromatic rings. The van der Waals surface area contributed by atoms with Crippen LogP contribution in [-0.2, 0) is 4.79 Å². The van der Waals surface area contributed by atoms with Gasteiger partial charge in [-0.25, -0.2) is 0 Å². The average Bonchev–Trinajstić information content (AvgIpc) is 2.24. The third-order valence-electron chi connectivity index (χ3n) is 2.64.